The van der Waals surface area contributed by atoms with E-state index in [-0.39, 0.29) is 5.97 Å². The van der Waals surface area contributed by atoms with Gasteiger partial charge in [-0.3, -0.25) is 0 Å². The molecule has 0 atom stereocenters. The molecule has 1 aromatic heterocycles. The number of rotatable bonds is 1. The largest absolute Gasteiger partial charge is 0.491 e. The molecule has 0 unspecified atom stereocenters. The van der Waals surface area contributed by atoms with Gasteiger partial charge < -0.3 is 9.47 Å². The Labute approximate surface area is 116 Å². The van der Waals surface area contributed by atoms with Gasteiger partial charge in [-0.05, 0) is 19.1 Å². The Kier molecular flexibility index (Phi) is 3.10. The van der Waals surface area contributed by atoms with Gasteiger partial charge in [-0.25, -0.2) is 14.8 Å². The van der Waals surface area contributed by atoms with E-state index in [2.05, 4.69) is 9.97 Å². The predicted octanol–water partition coefficient (Wildman–Crippen LogP) is 2.15. The molecule has 0 spiro atoms. The van der Waals surface area contributed by atoms with Crippen molar-refractivity contribution < 1.29 is 14.3 Å². The number of ether oxygens (including phenoxy) is 2. The lowest BCUT2D eigenvalue weighted by Gasteiger charge is -2.06. The smallest absolute Gasteiger partial charge is 0.337 e. The van der Waals surface area contributed by atoms with Crippen LogP contribution in [0.25, 0.3) is 11.0 Å². The van der Waals surface area contributed by atoms with Gasteiger partial charge in [-0.1, -0.05) is 12.1 Å². The third-order valence-electron chi connectivity index (χ3n) is 3.35. The molecule has 0 radical (unpaired) electrons. The summed E-state index contributed by atoms with van der Waals surface area (Å²) in [5.41, 5.74) is 3.67. The minimum absolute atomic E-state index is 0.319. The monoisotopic (exact) mass is 270 g/mol. The van der Waals surface area contributed by atoms with E-state index in [1.165, 1.54) is 7.11 Å². The van der Waals surface area contributed by atoms with E-state index in [1.54, 1.807) is 6.92 Å². The molecule has 0 saturated carbocycles. The number of allylic oxidation sites excluding steroid dienone is 1. The van der Waals surface area contributed by atoms with Crippen molar-refractivity contribution in [1.29, 1.82) is 0 Å². The second kappa shape index (κ2) is 4.92. The highest BCUT2D eigenvalue weighted by atomic mass is 16.5. The average molecular weight is 270 g/mol. The fourth-order valence-corrected chi connectivity index (χ4v) is 2.22. The molecular weight excluding hydrogens is 256 g/mol. The lowest BCUT2D eigenvalue weighted by Crippen LogP contribution is -2.10. The van der Waals surface area contributed by atoms with E-state index in [4.69, 9.17) is 9.47 Å². The van der Waals surface area contributed by atoms with Crippen molar-refractivity contribution in [2.45, 2.75) is 20.0 Å². The molecular formula is C15H14N2O3. The van der Waals surface area contributed by atoms with E-state index >= 15 is 0 Å². The summed E-state index contributed by atoms with van der Waals surface area (Å²) in [6.45, 7) is 2.08. The molecule has 1 aromatic carbocycles. The quantitative estimate of drug-likeness (QED) is 0.743. The van der Waals surface area contributed by atoms with Crippen molar-refractivity contribution >= 4 is 17.0 Å². The molecule has 0 fully saturated rings. The van der Waals surface area contributed by atoms with Gasteiger partial charge in [0.1, 0.15) is 18.1 Å². The van der Waals surface area contributed by atoms with E-state index in [0.29, 0.717) is 24.4 Å². The van der Waals surface area contributed by atoms with Crippen LogP contribution in [0.5, 0.6) is 0 Å². The number of hydrogen-bond donors (Lipinski definition) is 0. The van der Waals surface area contributed by atoms with Crippen molar-refractivity contribution in [3.8, 4) is 0 Å². The van der Waals surface area contributed by atoms with Crippen LogP contribution in [0, 0.1) is 0 Å². The van der Waals surface area contributed by atoms with Crippen molar-refractivity contribution in [1.82, 2.24) is 9.97 Å². The molecule has 2 heterocycles. The number of esters is 1. The van der Waals surface area contributed by atoms with Crippen molar-refractivity contribution in [3.63, 3.8) is 0 Å². The zero-order valence-corrected chi connectivity index (χ0v) is 11.3. The van der Waals surface area contributed by atoms with Gasteiger partial charge >= 0.3 is 5.97 Å². The summed E-state index contributed by atoms with van der Waals surface area (Å²) in [5, 5.41) is 0. The molecule has 0 saturated heterocycles. The van der Waals surface area contributed by atoms with Crippen LogP contribution in [0.15, 0.2) is 35.6 Å². The molecule has 20 heavy (non-hydrogen) atoms. The maximum atomic E-state index is 11.8. The summed E-state index contributed by atoms with van der Waals surface area (Å²) in [6, 6.07) is 7.65. The molecule has 1 aliphatic rings. The van der Waals surface area contributed by atoms with Gasteiger partial charge in [-0.15, -0.1) is 0 Å². The zero-order valence-electron chi connectivity index (χ0n) is 11.3. The van der Waals surface area contributed by atoms with Gasteiger partial charge in [0.15, 0.2) is 0 Å². The molecule has 5 heteroatoms. The third-order valence-corrected chi connectivity index (χ3v) is 3.35. The van der Waals surface area contributed by atoms with Crippen molar-refractivity contribution in [2.75, 3.05) is 7.11 Å². The summed E-state index contributed by atoms with van der Waals surface area (Å²) in [6.07, 6.45) is 0.381. The normalized spacial score (nSPS) is 14.5. The highest BCUT2D eigenvalue weighted by Gasteiger charge is 2.22. The molecule has 102 valence electrons. The van der Waals surface area contributed by atoms with Crippen molar-refractivity contribution in [3.05, 3.63) is 47.0 Å². The number of aromatic nitrogens is 2. The number of carbonyl (C=O) groups excluding carboxylic acids is 1. The number of para-hydroxylation sites is 2. The van der Waals surface area contributed by atoms with E-state index in [0.717, 1.165) is 22.4 Å². The second-order valence-electron chi connectivity index (χ2n) is 4.60. The zero-order chi connectivity index (χ0) is 14.1. The van der Waals surface area contributed by atoms with Crippen LogP contribution in [0.4, 0.5) is 0 Å². The molecule has 3 rings (SSSR count). The minimum Gasteiger partial charge on any atom is -0.491 e. The van der Waals surface area contributed by atoms with Gasteiger partial charge in [0.2, 0.25) is 0 Å². The Bertz CT molecular complexity index is 722. The molecule has 0 N–H and O–H groups in total. The maximum absolute atomic E-state index is 11.8. The number of fused-ring (bicyclic) bond motifs is 2. The summed E-state index contributed by atoms with van der Waals surface area (Å²) in [5.74, 6) is 0.186. The summed E-state index contributed by atoms with van der Waals surface area (Å²) in [7, 11) is 1.36. The lowest BCUT2D eigenvalue weighted by molar-refractivity contribution is -0.136. The Balaban J connectivity index is 2.10. The first-order valence-corrected chi connectivity index (χ1v) is 6.34. The number of methoxy groups -OCH3 is 1. The fourth-order valence-electron chi connectivity index (χ4n) is 2.22. The Hall–Kier alpha value is -2.43. The van der Waals surface area contributed by atoms with E-state index in [1.807, 2.05) is 24.3 Å². The number of carbonyl (C=O) groups is 1. The molecule has 2 aromatic rings. The van der Waals surface area contributed by atoms with Crippen LogP contribution >= 0.6 is 0 Å². The lowest BCUT2D eigenvalue weighted by atomic mass is 10.1. The topological polar surface area (TPSA) is 61.3 Å². The van der Waals surface area contributed by atoms with Crippen LogP contribution in [0.1, 0.15) is 18.3 Å². The minimum atomic E-state index is -0.384. The van der Waals surface area contributed by atoms with E-state index in [9.17, 15) is 4.79 Å². The Morgan fingerprint density at radius 1 is 1.20 bits per heavy atom. The van der Waals surface area contributed by atoms with Gasteiger partial charge in [0, 0.05) is 6.42 Å². The van der Waals surface area contributed by atoms with Crippen LogP contribution < -0.4 is 0 Å². The molecule has 1 aliphatic heterocycles. The average Bonchev–Trinajstić information content (AvgIpc) is 2.64. The predicted molar refractivity (Wildman–Crippen MR) is 72.7 cm³/mol. The summed E-state index contributed by atoms with van der Waals surface area (Å²) < 4.78 is 10.4. The first-order valence-electron chi connectivity index (χ1n) is 6.34. The SMILES string of the molecule is COC(=O)C1=C(C)OCc2nc3ccccc3nc2C1. The van der Waals surface area contributed by atoms with Gasteiger partial charge in [0.25, 0.3) is 0 Å². The third kappa shape index (κ3) is 2.11. The number of benzene rings is 1. The number of hydrogen-bond acceptors (Lipinski definition) is 5. The molecule has 0 bridgehead atoms. The standard InChI is InChI=1S/C15H14N2O3/c1-9-10(15(18)19-2)7-13-14(8-20-9)17-12-6-4-3-5-11(12)16-13/h3-6H,7-8H2,1-2H3. The fraction of sp³-hybridized carbons (Fsp3) is 0.267. The summed E-state index contributed by atoms with van der Waals surface area (Å²) in [4.78, 5) is 21.0. The van der Waals surface area contributed by atoms with Gasteiger partial charge in [-0.2, -0.15) is 0 Å². The van der Waals surface area contributed by atoms with Crippen molar-refractivity contribution in [2.24, 2.45) is 0 Å². The second-order valence-corrected chi connectivity index (χ2v) is 4.60. The Morgan fingerprint density at radius 3 is 2.50 bits per heavy atom. The van der Waals surface area contributed by atoms with E-state index < -0.39 is 0 Å². The van der Waals surface area contributed by atoms with Crippen LogP contribution in [-0.4, -0.2) is 23.0 Å². The first-order chi connectivity index (χ1) is 9.69. The van der Waals surface area contributed by atoms with Crippen LogP contribution in [-0.2, 0) is 27.3 Å². The maximum Gasteiger partial charge on any atom is 0.337 e. The highest BCUT2D eigenvalue weighted by molar-refractivity contribution is 5.89. The molecule has 0 amide bonds. The van der Waals surface area contributed by atoms with Crippen LogP contribution in [0.3, 0.4) is 0 Å². The molecule has 5 nitrogen and oxygen atoms in total. The van der Waals surface area contributed by atoms with Crippen LogP contribution in [0.2, 0.25) is 0 Å². The van der Waals surface area contributed by atoms with Gasteiger partial charge in [0.05, 0.1) is 29.4 Å². The number of nitrogens with zero attached hydrogens (tertiary/aromatic N) is 2. The Morgan fingerprint density at radius 2 is 1.85 bits per heavy atom. The highest BCUT2D eigenvalue weighted by Crippen LogP contribution is 2.23. The molecule has 0 aliphatic carbocycles. The summed E-state index contributed by atoms with van der Waals surface area (Å²) >= 11 is 0. The first kappa shape index (κ1) is 12.6.